The van der Waals surface area contributed by atoms with Gasteiger partial charge in [0.2, 0.25) is 0 Å². The fourth-order valence-electron chi connectivity index (χ4n) is 1.98. The molecule has 0 aliphatic carbocycles. The second-order valence-electron chi connectivity index (χ2n) is 4.26. The maximum atomic E-state index is 3.58. The van der Waals surface area contributed by atoms with Crippen LogP contribution in [0.25, 0.3) is 0 Å². The molecule has 1 fully saturated rings. The predicted octanol–water partition coefficient (Wildman–Crippen LogP) is 1.86. The van der Waals surface area contributed by atoms with Gasteiger partial charge in [0, 0.05) is 12.6 Å². The predicted molar refractivity (Wildman–Crippen MR) is 58.0 cm³/mol. The fourth-order valence-corrected chi connectivity index (χ4v) is 1.98. The summed E-state index contributed by atoms with van der Waals surface area (Å²) in [6.45, 7) is 5.98. The van der Waals surface area contributed by atoms with E-state index in [0.29, 0.717) is 0 Å². The maximum Gasteiger partial charge on any atom is 0.0194 e. The van der Waals surface area contributed by atoms with Crippen molar-refractivity contribution < 1.29 is 0 Å². The van der Waals surface area contributed by atoms with Gasteiger partial charge in [-0.05, 0) is 39.4 Å². The van der Waals surface area contributed by atoms with E-state index < -0.39 is 0 Å². The van der Waals surface area contributed by atoms with Crippen LogP contribution in [0, 0.1) is 0 Å². The molecule has 0 spiro atoms. The summed E-state index contributed by atoms with van der Waals surface area (Å²) in [7, 11) is 2.24. The summed E-state index contributed by atoms with van der Waals surface area (Å²) < 4.78 is 0. The van der Waals surface area contributed by atoms with Crippen LogP contribution in [0.15, 0.2) is 0 Å². The Bertz CT molecular complexity index is 119. The summed E-state index contributed by atoms with van der Waals surface area (Å²) >= 11 is 0. The highest BCUT2D eigenvalue weighted by Crippen LogP contribution is 2.07. The largest absolute Gasteiger partial charge is 0.313 e. The van der Waals surface area contributed by atoms with E-state index in [1.165, 1.54) is 51.7 Å². The molecule has 1 aliphatic rings. The normalized spacial score (nSPS) is 23.8. The SMILES string of the molecule is CCCCN(C)C[C@H]1CCCCN1. The molecule has 0 radical (unpaired) electrons. The van der Waals surface area contributed by atoms with Gasteiger partial charge in [-0.1, -0.05) is 19.8 Å². The summed E-state index contributed by atoms with van der Waals surface area (Å²) in [5.74, 6) is 0. The Hall–Kier alpha value is -0.0800. The summed E-state index contributed by atoms with van der Waals surface area (Å²) in [6.07, 6.45) is 6.80. The first kappa shape index (κ1) is 11.0. The van der Waals surface area contributed by atoms with Crippen LogP contribution in [0.5, 0.6) is 0 Å². The highest BCUT2D eigenvalue weighted by atomic mass is 15.1. The van der Waals surface area contributed by atoms with Crippen LogP contribution in [0.4, 0.5) is 0 Å². The number of unbranched alkanes of at least 4 members (excludes halogenated alkanes) is 1. The molecule has 0 aromatic carbocycles. The van der Waals surface area contributed by atoms with Crippen LogP contribution < -0.4 is 5.32 Å². The van der Waals surface area contributed by atoms with E-state index in [2.05, 4.69) is 24.2 Å². The van der Waals surface area contributed by atoms with Crippen molar-refractivity contribution in [2.24, 2.45) is 0 Å². The third-order valence-electron chi connectivity index (χ3n) is 2.84. The molecule has 0 aromatic rings. The lowest BCUT2D eigenvalue weighted by Crippen LogP contribution is -2.42. The van der Waals surface area contributed by atoms with Gasteiger partial charge in [0.1, 0.15) is 0 Å². The number of nitrogens with one attached hydrogen (secondary N) is 1. The first-order valence-corrected chi connectivity index (χ1v) is 5.75. The zero-order chi connectivity index (χ0) is 9.52. The summed E-state index contributed by atoms with van der Waals surface area (Å²) in [6, 6.07) is 0.760. The van der Waals surface area contributed by atoms with Gasteiger partial charge in [-0.3, -0.25) is 0 Å². The quantitative estimate of drug-likeness (QED) is 0.701. The molecule has 2 nitrogen and oxygen atoms in total. The van der Waals surface area contributed by atoms with Crippen LogP contribution in [-0.2, 0) is 0 Å². The van der Waals surface area contributed by atoms with Gasteiger partial charge in [0.05, 0.1) is 0 Å². The number of hydrogen-bond acceptors (Lipinski definition) is 2. The van der Waals surface area contributed by atoms with E-state index in [1.54, 1.807) is 0 Å². The number of hydrogen-bond donors (Lipinski definition) is 1. The van der Waals surface area contributed by atoms with Gasteiger partial charge in [-0.25, -0.2) is 0 Å². The topological polar surface area (TPSA) is 15.3 Å². The number of piperidine rings is 1. The minimum atomic E-state index is 0.760. The zero-order valence-corrected chi connectivity index (χ0v) is 9.18. The lowest BCUT2D eigenvalue weighted by atomic mass is 10.0. The molecule has 1 N–H and O–H groups in total. The van der Waals surface area contributed by atoms with Crippen molar-refractivity contribution in [1.29, 1.82) is 0 Å². The van der Waals surface area contributed by atoms with Crippen molar-refractivity contribution >= 4 is 0 Å². The monoisotopic (exact) mass is 184 g/mol. The Balaban J connectivity index is 2.07. The van der Waals surface area contributed by atoms with Crippen molar-refractivity contribution in [3.8, 4) is 0 Å². The highest BCUT2D eigenvalue weighted by Gasteiger charge is 2.13. The van der Waals surface area contributed by atoms with E-state index >= 15 is 0 Å². The molecule has 0 bridgehead atoms. The molecule has 1 atom stereocenters. The van der Waals surface area contributed by atoms with E-state index in [1.807, 2.05) is 0 Å². The minimum absolute atomic E-state index is 0.760. The Kier molecular flexibility index (Phi) is 5.40. The van der Waals surface area contributed by atoms with Gasteiger partial charge >= 0.3 is 0 Å². The molecule has 1 heterocycles. The molecule has 1 saturated heterocycles. The van der Waals surface area contributed by atoms with Crippen LogP contribution >= 0.6 is 0 Å². The Morgan fingerprint density at radius 1 is 1.38 bits per heavy atom. The smallest absolute Gasteiger partial charge is 0.0194 e. The number of nitrogens with zero attached hydrogens (tertiary/aromatic N) is 1. The average molecular weight is 184 g/mol. The van der Waals surface area contributed by atoms with Crippen LogP contribution in [-0.4, -0.2) is 37.6 Å². The van der Waals surface area contributed by atoms with Gasteiger partial charge < -0.3 is 10.2 Å². The second-order valence-corrected chi connectivity index (χ2v) is 4.26. The Labute approximate surface area is 82.7 Å². The minimum Gasteiger partial charge on any atom is -0.313 e. The standard InChI is InChI=1S/C11H24N2/c1-3-4-9-13(2)10-11-7-5-6-8-12-11/h11-12H,3-10H2,1-2H3/t11-/m1/s1. The van der Waals surface area contributed by atoms with Crippen molar-refractivity contribution in [2.75, 3.05) is 26.7 Å². The number of likely N-dealkylation sites (N-methyl/N-ethyl adjacent to an activating group) is 1. The molecule has 78 valence electrons. The highest BCUT2D eigenvalue weighted by molar-refractivity contribution is 4.74. The van der Waals surface area contributed by atoms with Crippen LogP contribution in [0.2, 0.25) is 0 Å². The Morgan fingerprint density at radius 3 is 2.85 bits per heavy atom. The van der Waals surface area contributed by atoms with Crippen LogP contribution in [0.1, 0.15) is 39.0 Å². The van der Waals surface area contributed by atoms with Crippen molar-refractivity contribution in [2.45, 2.75) is 45.1 Å². The summed E-state index contributed by atoms with van der Waals surface area (Å²) in [5, 5.41) is 3.58. The van der Waals surface area contributed by atoms with E-state index in [9.17, 15) is 0 Å². The molecular weight excluding hydrogens is 160 g/mol. The lowest BCUT2D eigenvalue weighted by molar-refractivity contribution is 0.259. The van der Waals surface area contributed by atoms with Crippen molar-refractivity contribution in [3.05, 3.63) is 0 Å². The molecule has 0 amide bonds. The maximum absolute atomic E-state index is 3.58. The van der Waals surface area contributed by atoms with Gasteiger partial charge in [-0.15, -0.1) is 0 Å². The average Bonchev–Trinajstić information content (AvgIpc) is 2.16. The van der Waals surface area contributed by atoms with Crippen molar-refractivity contribution in [3.63, 3.8) is 0 Å². The zero-order valence-electron chi connectivity index (χ0n) is 9.18. The van der Waals surface area contributed by atoms with Crippen LogP contribution in [0.3, 0.4) is 0 Å². The fraction of sp³-hybridized carbons (Fsp3) is 1.00. The molecule has 1 rings (SSSR count). The van der Waals surface area contributed by atoms with Gasteiger partial charge in [0.15, 0.2) is 0 Å². The molecule has 0 aromatic heterocycles. The molecule has 2 heteroatoms. The van der Waals surface area contributed by atoms with E-state index in [-0.39, 0.29) is 0 Å². The lowest BCUT2D eigenvalue weighted by Gasteiger charge is -2.28. The first-order chi connectivity index (χ1) is 6.33. The van der Waals surface area contributed by atoms with Crippen molar-refractivity contribution in [1.82, 2.24) is 10.2 Å². The van der Waals surface area contributed by atoms with E-state index in [4.69, 9.17) is 0 Å². The third-order valence-corrected chi connectivity index (χ3v) is 2.84. The molecular formula is C11H24N2. The summed E-state index contributed by atoms with van der Waals surface area (Å²) in [5.41, 5.74) is 0. The third kappa shape index (κ3) is 4.63. The number of rotatable bonds is 5. The molecule has 13 heavy (non-hydrogen) atoms. The van der Waals surface area contributed by atoms with Gasteiger partial charge in [-0.2, -0.15) is 0 Å². The molecule has 1 aliphatic heterocycles. The van der Waals surface area contributed by atoms with E-state index in [0.717, 1.165) is 6.04 Å². The first-order valence-electron chi connectivity index (χ1n) is 5.75. The van der Waals surface area contributed by atoms with Gasteiger partial charge in [0.25, 0.3) is 0 Å². The molecule has 0 saturated carbocycles. The Morgan fingerprint density at radius 2 is 2.23 bits per heavy atom. The molecule has 0 unspecified atom stereocenters. The summed E-state index contributed by atoms with van der Waals surface area (Å²) in [4.78, 5) is 2.46. The second kappa shape index (κ2) is 6.39.